The fourth-order valence-electron chi connectivity index (χ4n) is 3.12. The molecule has 1 N–H and O–H groups in total. The second-order valence-corrected chi connectivity index (χ2v) is 6.30. The van der Waals surface area contributed by atoms with Crippen molar-refractivity contribution in [2.75, 3.05) is 13.2 Å². The van der Waals surface area contributed by atoms with Gasteiger partial charge in [-0.25, -0.2) is 9.18 Å². The standard InChI is InChI=1S/C20H22FNO3/c1-14(22-12-10-19(11-13-23)25-20(22)24)15-2-4-16(5-3-15)17-6-8-18(21)9-7-17/h2-9,14,19,23H,10-13H2,1H3. The number of ether oxygens (including phenoxy) is 1. The molecule has 0 saturated carbocycles. The molecular formula is C20H22FNO3. The number of aliphatic hydroxyl groups is 1. The van der Waals surface area contributed by atoms with E-state index in [9.17, 15) is 9.18 Å². The minimum atomic E-state index is -0.334. The van der Waals surface area contributed by atoms with Crippen molar-refractivity contribution in [3.63, 3.8) is 0 Å². The molecule has 0 aromatic heterocycles. The highest BCUT2D eigenvalue weighted by atomic mass is 19.1. The third kappa shape index (κ3) is 3.99. The third-order valence-electron chi connectivity index (χ3n) is 4.68. The lowest BCUT2D eigenvalue weighted by Crippen LogP contribution is -2.43. The van der Waals surface area contributed by atoms with Crippen LogP contribution >= 0.6 is 0 Å². The van der Waals surface area contributed by atoms with Crippen molar-refractivity contribution in [3.05, 3.63) is 59.9 Å². The summed E-state index contributed by atoms with van der Waals surface area (Å²) in [6.45, 7) is 2.61. The first-order valence-electron chi connectivity index (χ1n) is 8.52. The first kappa shape index (κ1) is 17.4. The Bertz CT molecular complexity index is 715. The van der Waals surface area contributed by atoms with E-state index in [1.54, 1.807) is 17.0 Å². The Morgan fingerprint density at radius 1 is 1.16 bits per heavy atom. The second kappa shape index (κ2) is 7.66. The topological polar surface area (TPSA) is 49.8 Å². The van der Waals surface area contributed by atoms with Crippen LogP contribution < -0.4 is 0 Å². The summed E-state index contributed by atoms with van der Waals surface area (Å²) < 4.78 is 18.4. The van der Waals surface area contributed by atoms with Crippen molar-refractivity contribution in [1.29, 1.82) is 0 Å². The van der Waals surface area contributed by atoms with E-state index in [1.807, 2.05) is 31.2 Å². The van der Waals surface area contributed by atoms with E-state index in [2.05, 4.69) is 0 Å². The van der Waals surface area contributed by atoms with E-state index in [4.69, 9.17) is 9.84 Å². The van der Waals surface area contributed by atoms with Crippen LogP contribution in [0.25, 0.3) is 11.1 Å². The van der Waals surface area contributed by atoms with Gasteiger partial charge in [0.1, 0.15) is 11.9 Å². The lowest BCUT2D eigenvalue weighted by Gasteiger charge is -2.35. The van der Waals surface area contributed by atoms with Crippen LogP contribution in [0, 0.1) is 5.82 Å². The summed E-state index contributed by atoms with van der Waals surface area (Å²) in [6, 6.07) is 14.2. The molecule has 5 heteroatoms. The number of amides is 1. The average Bonchev–Trinajstić information content (AvgIpc) is 2.62. The molecule has 1 amide bonds. The summed E-state index contributed by atoms with van der Waals surface area (Å²) >= 11 is 0. The molecule has 2 atom stereocenters. The zero-order chi connectivity index (χ0) is 17.8. The number of halogens is 1. The van der Waals surface area contributed by atoms with Crippen LogP contribution in [-0.2, 0) is 4.74 Å². The van der Waals surface area contributed by atoms with E-state index in [1.165, 1.54) is 12.1 Å². The van der Waals surface area contributed by atoms with Crippen molar-refractivity contribution in [3.8, 4) is 11.1 Å². The molecule has 0 aliphatic carbocycles. The van der Waals surface area contributed by atoms with Crippen molar-refractivity contribution in [2.24, 2.45) is 0 Å². The Kier molecular flexibility index (Phi) is 5.34. The highest BCUT2D eigenvalue weighted by molar-refractivity contribution is 5.69. The quantitative estimate of drug-likeness (QED) is 0.887. The van der Waals surface area contributed by atoms with Crippen LogP contribution in [0.2, 0.25) is 0 Å². The van der Waals surface area contributed by atoms with E-state index in [0.717, 1.165) is 23.1 Å². The van der Waals surface area contributed by atoms with Gasteiger partial charge in [0, 0.05) is 26.0 Å². The van der Waals surface area contributed by atoms with Gasteiger partial charge in [0.2, 0.25) is 0 Å². The summed E-state index contributed by atoms with van der Waals surface area (Å²) in [6.07, 6.45) is 0.687. The number of rotatable bonds is 5. The van der Waals surface area contributed by atoms with Gasteiger partial charge in [0.25, 0.3) is 0 Å². The molecule has 0 radical (unpaired) electrons. The molecule has 2 aromatic rings. The first-order chi connectivity index (χ1) is 12.1. The predicted octanol–water partition coefficient (Wildman–Crippen LogP) is 4.15. The average molecular weight is 343 g/mol. The highest BCUT2D eigenvalue weighted by Crippen LogP contribution is 2.28. The lowest BCUT2D eigenvalue weighted by molar-refractivity contribution is 0.00401. The fraction of sp³-hybridized carbons (Fsp3) is 0.350. The summed E-state index contributed by atoms with van der Waals surface area (Å²) in [5.74, 6) is -0.253. The Morgan fingerprint density at radius 3 is 2.32 bits per heavy atom. The smallest absolute Gasteiger partial charge is 0.410 e. The van der Waals surface area contributed by atoms with Gasteiger partial charge in [-0.1, -0.05) is 36.4 Å². The van der Waals surface area contributed by atoms with E-state index in [-0.39, 0.29) is 30.7 Å². The van der Waals surface area contributed by atoms with Crippen molar-refractivity contribution in [2.45, 2.75) is 31.9 Å². The van der Waals surface area contributed by atoms with Crippen LogP contribution in [0.5, 0.6) is 0 Å². The maximum absolute atomic E-state index is 13.0. The molecular weight excluding hydrogens is 321 g/mol. The SMILES string of the molecule is CC(c1ccc(-c2ccc(F)cc2)cc1)N1CCC(CCO)OC1=O. The van der Waals surface area contributed by atoms with E-state index >= 15 is 0 Å². The summed E-state index contributed by atoms with van der Waals surface area (Å²) in [7, 11) is 0. The summed E-state index contributed by atoms with van der Waals surface area (Å²) in [4.78, 5) is 13.9. The van der Waals surface area contributed by atoms with Crippen molar-refractivity contribution < 1.29 is 19.0 Å². The molecule has 1 heterocycles. The number of aliphatic hydroxyl groups excluding tert-OH is 1. The zero-order valence-electron chi connectivity index (χ0n) is 14.2. The molecule has 4 nitrogen and oxygen atoms in total. The fourth-order valence-corrected chi connectivity index (χ4v) is 3.12. The monoisotopic (exact) mass is 343 g/mol. The molecule has 25 heavy (non-hydrogen) atoms. The predicted molar refractivity (Wildman–Crippen MR) is 93.5 cm³/mol. The van der Waals surface area contributed by atoms with Crippen LogP contribution in [0.15, 0.2) is 48.5 Å². The Labute approximate surface area is 146 Å². The number of carbonyl (C=O) groups is 1. The normalized spacial score (nSPS) is 18.8. The van der Waals surface area contributed by atoms with Crippen molar-refractivity contribution in [1.82, 2.24) is 4.90 Å². The van der Waals surface area contributed by atoms with Crippen LogP contribution in [0.1, 0.15) is 31.4 Å². The molecule has 2 aromatic carbocycles. The molecule has 3 rings (SSSR count). The number of carbonyl (C=O) groups excluding carboxylic acids is 1. The summed E-state index contributed by atoms with van der Waals surface area (Å²) in [5.41, 5.74) is 2.97. The largest absolute Gasteiger partial charge is 0.446 e. The maximum atomic E-state index is 13.0. The zero-order valence-corrected chi connectivity index (χ0v) is 14.2. The van der Waals surface area contributed by atoms with Gasteiger partial charge in [0.05, 0.1) is 6.04 Å². The van der Waals surface area contributed by atoms with Gasteiger partial charge in [-0.2, -0.15) is 0 Å². The Hall–Kier alpha value is -2.40. The van der Waals surface area contributed by atoms with Crippen molar-refractivity contribution >= 4 is 6.09 Å². The van der Waals surface area contributed by atoms with Gasteiger partial charge in [-0.05, 0) is 35.7 Å². The molecule has 1 aliphatic heterocycles. The minimum Gasteiger partial charge on any atom is -0.446 e. The molecule has 0 spiro atoms. The van der Waals surface area contributed by atoms with Gasteiger partial charge >= 0.3 is 6.09 Å². The van der Waals surface area contributed by atoms with Crippen LogP contribution in [-0.4, -0.2) is 35.4 Å². The number of nitrogens with zero attached hydrogens (tertiary/aromatic N) is 1. The molecule has 0 bridgehead atoms. The minimum absolute atomic E-state index is 0.0261. The second-order valence-electron chi connectivity index (χ2n) is 6.30. The van der Waals surface area contributed by atoms with Crippen LogP contribution in [0.3, 0.4) is 0 Å². The van der Waals surface area contributed by atoms with Gasteiger partial charge < -0.3 is 14.7 Å². The molecule has 1 fully saturated rings. The van der Waals surface area contributed by atoms with Crippen LogP contribution in [0.4, 0.5) is 9.18 Å². The van der Waals surface area contributed by atoms with E-state index in [0.29, 0.717) is 13.0 Å². The number of hydrogen-bond donors (Lipinski definition) is 1. The number of cyclic esters (lactones) is 1. The van der Waals surface area contributed by atoms with Gasteiger partial charge in [-0.3, -0.25) is 0 Å². The van der Waals surface area contributed by atoms with Gasteiger partial charge in [0.15, 0.2) is 0 Å². The van der Waals surface area contributed by atoms with Gasteiger partial charge in [-0.15, -0.1) is 0 Å². The first-order valence-corrected chi connectivity index (χ1v) is 8.52. The Balaban J connectivity index is 1.69. The molecule has 132 valence electrons. The maximum Gasteiger partial charge on any atom is 0.410 e. The lowest BCUT2D eigenvalue weighted by atomic mass is 10.00. The molecule has 1 saturated heterocycles. The Morgan fingerprint density at radius 2 is 1.76 bits per heavy atom. The molecule has 2 unspecified atom stereocenters. The number of hydrogen-bond acceptors (Lipinski definition) is 3. The highest BCUT2D eigenvalue weighted by Gasteiger charge is 2.30. The van der Waals surface area contributed by atoms with E-state index < -0.39 is 0 Å². The third-order valence-corrected chi connectivity index (χ3v) is 4.68. The molecule has 1 aliphatic rings. The summed E-state index contributed by atoms with van der Waals surface area (Å²) in [5, 5.41) is 8.97. The number of benzene rings is 2.